The molecule has 0 aliphatic carbocycles. The topological polar surface area (TPSA) is 84.2 Å². The minimum absolute atomic E-state index is 0.189. The third kappa shape index (κ3) is 2.58. The van der Waals surface area contributed by atoms with E-state index < -0.39 is 12.0 Å². The number of aryl methyl sites for hydroxylation is 1. The first-order valence-electron chi connectivity index (χ1n) is 4.03. The largest absolute Gasteiger partial charge is 0.480 e. The first-order chi connectivity index (χ1) is 6.63. The minimum atomic E-state index is -1.07. The molecule has 76 valence electrons. The zero-order valence-corrected chi connectivity index (χ0v) is 7.67. The molecule has 6 heteroatoms. The van der Waals surface area contributed by atoms with Crippen molar-refractivity contribution in [3.63, 3.8) is 0 Å². The molecule has 0 fully saturated rings. The molecule has 1 atom stereocenters. The molecule has 0 saturated carbocycles. The number of rotatable bonds is 5. The van der Waals surface area contributed by atoms with E-state index in [-0.39, 0.29) is 6.42 Å². The van der Waals surface area contributed by atoms with Crippen molar-refractivity contribution in [1.29, 1.82) is 0 Å². The number of imidazole rings is 1. The standard InChI is InChI=1S/C8H11N3O3/c1-11-3-6(9-4-11)2-7(8(13)14)10-5-12/h3-5,7H,2H2,1H3,(H,10,12)(H,13,14)/t7-/m1/s1. The van der Waals surface area contributed by atoms with Crippen LogP contribution >= 0.6 is 0 Å². The van der Waals surface area contributed by atoms with Crippen molar-refractivity contribution in [2.24, 2.45) is 7.05 Å². The Bertz CT molecular complexity index is 334. The Kier molecular flexibility index (Phi) is 3.22. The maximum atomic E-state index is 10.6. The number of hydrogen-bond donors (Lipinski definition) is 2. The van der Waals surface area contributed by atoms with Crippen molar-refractivity contribution in [2.75, 3.05) is 0 Å². The molecule has 1 aromatic heterocycles. The van der Waals surface area contributed by atoms with Gasteiger partial charge in [-0.05, 0) is 0 Å². The fourth-order valence-electron chi connectivity index (χ4n) is 1.08. The molecule has 1 amide bonds. The monoisotopic (exact) mass is 197 g/mol. The number of carbonyl (C=O) groups is 2. The minimum Gasteiger partial charge on any atom is -0.480 e. The van der Waals surface area contributed by atoms with E-state index >= 15 is 0 Å². The van der Waals surface area contributed by atoms with E-state index in [1.54, 1.807) is 24.1 Å². The molecule has 0 aromatic carbocycles. The number of aliphatic carboxylic acids is 1. The van der Waals surface area contributed by atoms with Crippen LogP contribution in [0.3, 0.4) is 0 Å². The van der Waals surface area contributed by atoms with Crippen LogP contribution in [-0.2, 0) is 23.1 Å². The number of carboxylic acid groups (broad SMARTS) is 1. The van der Waals surface area contributed by atoms with Crippen LogP contribution in [0.25, 0.3) is 0 Å². The molecule has 0 bridgehead atoms. The molecule has 14 heavy (non-hydrogen) atoms. The van der Waals surface area contributed by atoms with Gasteiger partial charge in [0, 0.05) is 19.7 Å². The van der Waals surface area contributed by atoms with Gasteiger partial charge < -0.3 is 15.0 Å². The highest BCUT2D eigenvalue weighted by Crippen LogP contribution is 1.99. The molecular weight excluding hydrogens is 186 g/mol. The highest BCUT2D eigenvalue weighted by Gasteiger charge is 2.17. The first kappa shape index (κ1) is 10.2. The highest BCUT2D eigenvalue weighted by atomic mass is 16.4. The van der Waals surface area contributed by atoms with Gasteiger partial charge >= 0.3 is 5.97 Å². The van der Waals surface area contributed by atoms with E-state index in [4.69, 9.17) is 5.11 Å². The van der Waals surface area contributed by atoms with Gasteiger partial charge in [0.15, 0.2) is 0 Å². The third-order valence-electron chi connectivity index (χ3n) is 1.74. The smallest absolute Gasteiger partial charge is 0.326 e. The summed E-state index contributed by atoms with van der Waals surface area (Å²) in [5.41, 5.74) is 0.634. The summed E-state index contributed by atoms with van der Waals surface area (Å²) in [4.78, 5) is 24.7. The second-order valence-electron chi connectivity index (χ2n) is 2.91. The SMILES string of the molecule is Cn1cnc(C[C@@H](NC=O)C(=O)O)c1. The Balaban J connectivity index is 2.64. The predicted molar refractivity (Wildman–Crippen MR) is 47.5 cm³/mol. The van der Waals surface area contributed by atoms with Gasteiger partial charge in [0.1, 0.15) is 6.04 Å². The summed E-state index contributed by atoms with van der Waals surface area (Å²) in [6.07, 6.45) is 3.86. The van der Waals surface area contributed by atoms with E-state index in [0.29, 0.717) is 12.1 Å². The Morgan fingerprint density at radius 1 is 1.86 bits per heavy atom. The van der Waals surface area contributed by atoms with Gasteiger partial charge in [-0.2, -0.15) is 0 Å². The number of carbonyl (C=O) groups excluding carboxylic acids is 1. The van der Waals surface area contributed by atoms with Gasteiger partial charge in [-0.1, -0.05) is 0 Å². The number of carboxylic acids is 1. The molecule has 0 radical (unpaired) electrons. The lowest BCUT2D eigenvalue weighted by atomic mass is 10.2. The van der Waals surface area contributed by atoms with E-state index in [1.807, 2.05) is 0 Å². The van der Waals surface area contributed by atoms with Crippen LogP contribution in [0.15, 0.2) is 12.5 Å². The van der Waals surface area contributed by atoms with Gasteiger partial charge in [-0.25, -0.2) is 9.78 Å². The van der Waals surface area contributed by atoms with Crippen LogP contribution < -0.4 is 5.32 Å². The van der Waals surface area contributed by atoms with Crippen molar-refractivity contribution in [1.82, 2.24) is 14.9 Å². The average molecular weight is 197 g/mol. The van der Waals surface area contributed by atoms with Crippen molar-refractivity contribution < 1.29 is 14.7 Å². The fraction of sp³-hybridized carbons (Fsp3) is 0.375. The maximum Gasteiger partial charge on any atom is 0.326 e. The van der Waals surface area contributed by atoms with Gasteiger partial charge in [-0.15, -0.1) is 0 Å². The summed E-state index contributed by atoms with van der Waals surface area (Å²) < 4.78 is 1.72. The third-order valence-corrected chi connectivity index (χ3v) is 1.74. The van der Waals surface area contributed by atoms with Crippen LogP contribution in [0.2, 0.25) is 0 Å². The number of nitrogens with zero attached hydrogens (tertiary/aromatic N) is 2. The summed E-state index contributed by atoms with van der Waals surface area (Å²) in [6.45, 7) is 0. The van der Waals surface area contributed by atoms with Crippen LogP contribution in [0.4, 0.5) is 0 Å². The van der Waals surface area contributed by atoms with Gasteiger partial charge in [0.05, 0.1) is 12.0 Å². The molecule has 1 heterocycles. The molecule has 1 rings (SSSR count). The number of aromatic nitrogens is 2. The summed E-state index contributed by atoms with van der Waals surface area (Å²) in [7, 11) is 1.79. The molecule has 0 aliphatic rings. The van der Waals surface area contributed by atoms with E-state index in [0.717, 1.165) is 0 Å². The number of amides is 1. The Labute approximate surface area is 80.6 Å². The zero-order valence-electron chi connectivity index (χ0n) is 7.67. The van der Waals surface area contributed by atoms with Crippen molar-refractivity contribution in [3.8, 4) is 0 Å². The number of nitrogens with one attached hydrogen (secondary N) is 1. The zero-order chi connectivity index (χ0) is 10.6. The van der Waals surface area contributed by atoms with Gasteiger partial charge in [-0.3, -0.25) is 4.79 Å². The lowest BCUT2D eigenvalue weighted by Gasteiger charge is -2.08. The van der Waals surface area contributed by atoms with Crippen LogP contribution in [0.1, 0.15) is 5.69 Å². The second kappa shape index (κ2) is 4.40. The van der Waals surface area contributed by atoms with Crippen LogP contribution in [0.5, 0.6) is 0 Å². The maximum absolute atomic E-state index is 10.6. The molecule has 6 nitrogen and oxygen atoms in total. The molecular formula is C8H11N3O3. The summed E-state index contributed by atoms with van der Waals surface area (Å²) >= 11 is 0. The Morgan fingerprint density at radius 2 is 2.57 bits per heavy atom. The lowest BCUT2D eigenvalue weighted by molar-refractivity contribution is -0.140. The van der Waals surface area contributed by atoms with Gasteiger partial charge in [0.25, 0.3) is 0 Å². The van der Waals surface area contributed by atoms with E-state index in [1.165, 1.54) is 0 Å². The summed E-state index contributed by atoms with van der Waals surface area (Å²) in [5, 5.41) is 10.9. The molecule has 0 aliphatic heterocycles. The number of hydrogen-bond acceptors (Lipinski definition) is 3. The molecule has 0 unspecified atom stereocenters. The van der Waals surface area contributed by atoms with Crippen LogP contribution in [0, 0.1) is 0 Å². The lowest BCUT2D eigenvalue weighted by Crippen LogP contribution is -2.37. The van der Waals surface area contributed by atoms with Crippen molar-refractivity contribution >= 4 is 12.4 Å². The summed E-state index contributed by atoms with van der Waals surface area (Å²) in [6, 6.07) is -0.914. The predicted octanol–water partition coefficient (Wildman–Crippen LogP) is -0.838. The van der Waals surface area contributed by atoms with E-state index in [9.17, 15) is 9.59 Å². The highest BCUT2D eigenvalue weighted by molar-refractivity contribution is 5.76. The van der Waals surface area contributed by atoms with Crippen molar-refractivity contribution in [2.45, 2.75) is 12.5 Å². The van der Waals surface area contributed by atoms with Crippen LogP contribution in [-0.4, -0.2) is 33.1 Å². The quantitative estimate of drug-likeness (QED) is 0.603. The van der Waals surface area contributed by atoms with Gasteiger partial charge in [0.2, 0.25) is 6.41 Å². The van der Waals surface area contributed by atoms with E-state index in [2.05, 4.69) is 10.3 Å². The Morgan fingerprint density at radius 3 is 3.00 bits per heavy atom. The fourth-order valence-corrected chi connectivity index (χ4v) is 1.08. The molecule has 0 spiro atoms. The molecule has 0 saturated heterocycles. The first-order valence-corrected chi connectivity index (χ1v) is 4.03. The summed E-state index contributed by atoms with van der Waals surface area (Å²) in [5.74, 6) is -1.07. The molecule has 1 aromatic rings. The van der Waals surface area contributed by atoms with Crippen molar-refractivity contribution in [3.05, 3.63) is 18.2 Å². The average Bonchev–Trinajstić information content (AvgIpc) is 2.50. The second-order valence-corrected chi connectivity index (χ2v) is 2.91. The normalized spacial score (nSPS) is 12.1. The Hall–Kier alpha value is -1.85. The molecule has 2 N–H and O–H groups in total.